The predicted octanol–water partition coefficient (Wildman–Crippen LogP) is 4.71. The summed E-state index contributed by atoms with van der Waals surface area (Å²) in [5.41, 5.74) is 2.44. The topological polar surface area (TPSA) is 47.6 Å². The fourth-order valence-electron chi connectivity index (χ4n) is 2.47. The van der Waals surface area contributed by atoms with E-state index in [4.69, 9.17) is 21.1 Å². The minimum absolute atomic E-state index is 0.232. The maximum atomic E-state index is 12.2. The van der Waals surface area contributed by atoms with Crippen molar-refractivity contribution < 1.29 is 14.3 Å². The van der Waals surface area contributed by atoms with Crippen molar-refractivity contribution in [3.63, 3.8) is 0 Å². The Morgan fingerprint density at radius 3 is 3.00 bits per heavy atom. The van der Waals surface area contributed by atoms with Gasteiger partial charge in [-0.2, -0.15) is 0 Å². The van der Waals surface area contributed by atoms with Crippen molar-refractivity contribution in [2.75, 3.05) is 18.5 Å². The van der Waals surface area contributed by atoms with E-state index in [0.29, 0.717) is 29.7 Å². The summed E-state index contributed by atoms with van der Waals surface area (Å²) in [6.07, 6.45) is 5.18. The largest absolute Gasteiger partial charge is 0.492 e. The molecular formula is C20H18ClNO3. The molecule has 0 radical (unpaired) electrons. The van der Waals surface area contributed by atoms with Gasteiger partial charge in [-0.1, -0.05) is 29.8 Å². The molecule has 2 aromatic carbocycles. The molecule has 0 unspecified atom stereocenters. The van der Waals surface area contributed by atoms with Crippen LogP contribution in [0.4, 0.5) is 5.69 Å². The summed E-state index contributed by atoms with van der Waals surface area (Å²) in [6.45, 7) is 2.85. The number of amides is 1. The molecule has 1 heterocycles. The number of benzene rings is 2. The normalized spacial score (nSPS) is 13.0. The number of ether oxygens (including phenoxy) is 2. The molecule has 0 spiro atoms. The van der Waals surface area contributed by atoms with Crippen molar-refractivity contribution in [2.24, 2.45) is 0 Å². The summed E-state index contributed by atoms with van der Waals surface area (Å²) in [7, 11) is 0. The van der Waals surface area contributed by atoms with E-state index < -0.39 is 0 Å². The van der Waals surface area contributed by atoms with Crippen LogP contribution >= 0.6 is 11.6 Å². The molecule has 0 saturated carbocycles. The quantitative estimate of drug-likeness (QED) is 0.790. The van der Waals surface area contributed by atoms with E-state index in [-0.39, 0.29) is 5.91 Å². The van der Waals surface area contributed by atoms with Crippen molar-refractivity contribution in [2.45, 2.75) is 6.92 Å². The van der Waals surface area contributed by atoms with Gasteiger partial charge in [0, 0.05) is 16.7 Å². The second kappa shape index (κ2) is 7.90. The fourth-order valence-corrected chi connectivity index (χ4v) is 2.65. The molecular weight excluding hydrogens is 338 g/mol. The number of hydrogen-bond acceptors (Lipinski definition) is 3. The van der Waals surface area contributed by atoms with Crippen LogP contribution in [0.25, 0.3) is 6.08 Å². The zero-order valence-electron chi connectivity index (χ0n) is 13.8. The Labute approximate surface area is 151 Å². The van der Waals surface area contributed by atoms with Crippen molar-refractivity contribution in [1.29, 1.82) is 0 Å². The number of carbonyl (C=O) groups excluding carboxylic acids is 1. The van der Waals surface area contributed by atoms with Crippen molar-refractivity contribution in [1.82, 2.24) is 0 Å². The summed E-state index contributed by atoms with van der Waals surface area (Å²) in [4.78, 5) is 12.2. The van der Waals surface area contributed by atoms with Gasteiger partial charge in [0.15, 0.2) is 0 Å². The Kier molecular flexibility index (Phi) is 5.41. The second-order valence-electron chi connectivity index (χ2n) is 5.44. The molecule has 0 fully saturated rings. The van der Waals surface area contributed by atoms with Gasteiger partial charge in [0.1, 0.15) is 18.1 Å². The molecule has 5 heteroatoms. The fraction of sp³-hybridized carbons (Fsp3) is 0.150. The average Bonchev–Trinajstić information content (AvgIpc) is 2.61. The molecule has 0 bridgehead atoms. The summed E-state index contributed by atoms with van der Waals surface area (Å²) < 4.78 is 11.2. The van der Waals surface area contributed by atoms with Crippen LogP contribution in [0.2, 0.25) is 5.02 Å². The summed E-state index contributed by atoms with van der Waals surface area (Å²) in [6, 6.07) is 12.8. The maximum absolute atomic E-state index is 12.2. The van der Waals surface area contributed by atoms with Gasteiger partial charge in [-0.3, -0.25) is 4.79 Å². The van der Waals surface area contributed by atoms with Crippen LogP contribution in [0.5, 0.6) is 11.5 Å². The van der Waals surface area contributed by atoms with E-state index in [1.54, 1.807) is 18.2 Å². The van der Waals surface area contributed by atoms with Gasteiger partial charge in [-0.25, -0.2) is 0 Å². The number of fused-ring (bicyclic) bond motifs is 1. The minimum atomic E-state index is -0.232. The van der Waals surface area contributed by atoms with Gasteiger partial charge < -0.3 is 14.8 Å². The molecule has 1 amide bonds. The zero-order valence-corrected chi connectivity index (χ0v) is 14.5. The van der Waals surface area contributed by atoms with Gasteiger partial charge in [-0.05, 0) is 48.9 Å². The van der Waals surface area contributed by atoms with Crippen LogP contribution in [-0.4, -0.2) is 19.1 Å². The average molecular weight is 356 g/mol. The van der Waals surface area contributed by atoms with Gasteiger partial charge >= 0.3 is 0 Å². The van der Waals surface area contributed by atoms with Crippen molar-refractivity contribution >= 4 is 29.3 Å². The third kappa shape index (κ3) is 4.43. The monoisotopic (exact) mass is 355 g/mol. The highest BCUT2D eigenvalue weighted by Gasteiger charge is 2.10. The predicted molar refractivity (Wildman–Crippen MR) is 100 cm³/mol. The van der Waals surface area contributed by atoms with Crippen LogP contribution in [-0.2, 0) is 4.79 Å². The highest BCUT2D eigenvalue weighted by Crippen LogP contribution is 2.29. The van der Waals surface area contributed by atoms with Gasteiger partial charge in [-0.15, -0.1) is 0 Å². The number of nitrogens with one attached hydrogen (secondary N) is 1. The number of hydrogen-bond donors (Lipinski definition) is 1. The van der Waals surface area contributed by atoms with E-state index in [1.165, 1.54) is 6.08 Å². The second-order valence-corrected chi connectivity index (χ2v) is 5.88. The summed E-state index contributed by atoms with van der Waals surface area (Å²) in [5.74, 6) is 1.21. The SMILES string of the molecule is CCOc1ccccc1NC(=O)/C=C/C1=Cc2cc(Cl)ccc2OC1. The lowest BCUT2D eigenvalue weighted by molar-refractivity contribution is -0.111. The molecule has 1 N–H and O–H groups in total. The molecule has 2 aromatic rings. The molecule has 0 saturated heterocycles. The minimum Gasteiger partial charge on any atom is -0.492 e. The molecule has 1 aliphatic heterocycles. The van der Waals surface area contributed by atoms with Gasteiger partial charge in [0.25, 0.3) is 0 Å². The smallest absolute Gasteiger partial charge is 0.248 e. The Bertz CT molecular complexity index is 843. The summed E-state index contributed by atoms with van der Waals surface area (Å²) >= 11 is 6.00. The lowest BCUT2D eigenvalue weighted by atomic mass is 10.1. The molecule has 0 aliphatic carbocycles. The number of carbonyl (C=O) groups is 1. The Balaban J connectivity index is 1.69. The Hall–Kier alpha value is -2.72. The van der Waals surface area contributed by atoms with E-state index in [2.05, 4.69) is 5.32 Å². The van der Waals surface area contributed by atoms with E-state index in [0.717, 1.165) is 16.9 Å². The lowest BCUT2D eigenvalue weighted by Crippen LogP contribution is -2.10. The third-order valence-electron chi connectivity index (χ3n) is 3.60. The van der Waals surface area contributed by atoms with Gasteiger partial charge in [0.05, 0.1) is 12.3 Å². The summed E-state index contributed by atoms with van der Waals surface area (Å²) in [5, 5.41) is 3.47. The first-order valence-corrected chi connectivity index (χ1v) is 8.37. The molecule has 3 rings (SSSR count). The molecule has 0 atom stereocenters. The highest BCUT2D eigenvalue weighted by molar-refractivity contribution is 6.30. The first-order valence-electron chi connectivity index (χ1n) is 7.99. The van der Waals surface area contributed by atoms with E-state index in [1.807, 2.05) is 43.3 Å². The van der Waals surface area contributed by atoms with Crippen LogP contribution in [0.3, 0.4) is 0 Å². The molecule has 0 aromatic heterocycles. The zero-order chi connectivity index (χ0) is 17.6. The third-order valence-corrected chi connectivity index (χ3v) is 3.84. The first-order chi connectivity index (χ1) is 12.2. The Morgan fingerprint density at radius 2 is 2.16 bits per heavy atom. The Morgan fingerprint density at radius 1 is 1.32 bits per heavy atom. The molecule has 4 nitrogen and oxygen atoms in total. The van der Waals surface area contributed by atoms with E-state index >= 15 is 0 Å². The van der Waals surface area contributed by atoms with E-state index in [9.17, 15) is 4.79 Å². The number of rotatable bonds is 5. The van der Waals surface area contributed by atoms with Gasteiger partial charge in [0.2, 0.25) is 5.91 Å². The maximum Gasteiger partial charge on any atom is 0.248 e. The lowest BCUT2D eigenvalue weighted by Gasteiger charge is -2.16. The standard InChI is InChI=1S/C20H18ClNO3/c1-2-24-19-6-4-3-5-17(19)22-20(23)10-7-14-11-15-12-16(21)8-9-18(15)25-13-14/h3-12H,2,13H2,1H3,(H,22,23)/b10-7+. The number of para-hydroxylation sites is 2. The molecule has 25 heavy (non-hydrogen) atoms. The molecule has 1 aliphatic rings. The van der Waals surface area contributed by atoms with Crippen LogP contribution in [0.1, 0.15) is 12.5 Å². The van der Waals surface area contributed by atoms with Crippen LogP contribution in [0, 0.1) is 0 Å². The van der Waals surface area contributed by atoms with Crippen molar-refractivity contribution in [3.05, 3.63) is 70.8 Å². The van der Waals surface area contributed by atoms with Crippen LogP contribution in [0.15, 0.2) is 60.2 Å². The van der Waals surface area contributed by atoms with Crippen LogP contribution < -0.4 is 14.8 Å². The highest BCUT2D eigenvalue weighted by atomic mass is 35.5. The first kappa shape index (κ1) is 17.1. The molecule has 128 valence electrons. The number of halogens is 1. The number of anilines is 1. The van der Waals surface area contributed by atoms with Crippen molar-refractivity contribution in [3.8, 4) is 11.5 Å².